The highest BCUT2D eigenvalue weighted by atomic mass is 16.5. The standard InChI is InChI=1S/C14H14O3/c1-10(15)17-7-6-12-9-13(16)8-11-4-2-3-5-14(11)12/h2-5,8-9,16H,6-7H2,1H3. The topological polar surface area (TPSA) is 46.5 Å². The van der Waals surface area contributed by atoms with Crippen molar-refractivity contribution in [2.45, 2.75) is 13.3 Å². The number of rotatable bonds is 3. The molecular weight excluding hydrogens is 216 g/mol. The molecule has 0 saturated carbocycles. The summed E-state index contributed by atoms with van der Waals surface area (Å²) in [6, 6.07) is 11.3. The van der Waals surface area contributed by atoms with Crippen LogP contribution in [0.3, 0.4) is 0 Å². The third kappa shape index (κ3) is 2.75. The lowest BCUT2D eigenvalue weighted by Gasteiger charge is -2.07. The van der Waals surface area contributed by atoms with Gasteiger partial charge < -0.3 is 9.84 Å². The van der Waals surface area contributed by atoms with Crippen molar-refractivity contribution >= 4 is 16.7 Å². The average Bonchev–Trinajstić information content (AvgIpc) is 2.28. The van der Waals surface area contributed by atoms with Gasteiger partial charge in [-0.25, -0.2) is 0 Å². The molecule has 88 valence electrons. The molecule has 3 nitrogen and oxygen atoms in total. The molecule has 0 aromatic heterocycles. The van der Waals surface area contributed by atoms with Crippen LogP contribution in [0.5, 0.6) is 5.75 Å². The molecule has 2 aromatic carbocycles. The van der Waals surface area contributed by atoms with Gasteiger partial charge in [-0.05, 0) is 28.5 Å². The van der Waals surface area contributed by atoms with Gasteiger partial charge >= 0.3 is 5.97 Å². The molecule has 0 fully saturated rings. The lowest BCUT2D eigenvalue weighted by molar-refractivity contribution is -0.140. The van der Waals surface area contributed by atoms with E-state index in [1.165, 1.54) is 6.92 Å². The molecule has 0 heterocycles. The van der Waals surface area contributed by atoms with Crippen LogP contribution in [0.2, 0.25) is 0 Å². The Morgan fingerprint density at radius 1 is 1.29 bits per heavy atom. The van der Waals surface area contributed by atoms with Crippen molar-refractivity contribution in [1.29, 1.82) is 0 Å². The lowest BCUT2D eigenvalue weighted by atomic mass is 10.0. The van der Waals surface area contributed by atoms with E-state index in [2.05, 4.69) is 0 Å². The summed E-state index contributed by atoms with van der Waals surface area (Å²) in [7, 11) is 0. The summed E-state index contributed by atoms with van der Waals surface area (Å²) in [6.45, 7) is 1.73. The van der Waals surface area contributed by atoms with Crippen LogP contribution < -0.4 is 0 Å². The second kappa shape index (κ2) is 4.87. The molecule has 0 radical (unpaired) electrons. The van der Waals surface area contributed by atoms with Crippen molar-refractivity contribution in [1.82, 2.24) is 0 Å². The fourth-order valence-electron chi connectivity index (χ4n) is 1.88. The molecule has 0 saturated heterocycles. The number of benzene rings is 2. The number of carbonyl (C=O) groups excluding carboxylic acids is 1. The van der Waals surface area contributed by atoms with Crippen LogP contribution in [-0.2, 0) is 16.0 Å². The van der Waals surface area contributed by atoms with E-state index in [1.54, 1.807) is 12.1 Å². The number of fused-ring (bicyclic) bond motifs is 1. The number of hydrogen-bond donors (Lipinski definition) is 1. The smallest absolute Gasteiger partial charge is 0.302 e. The Morgan fingerprint density at radius 2 is 2.06 bits per heavy atom. The van der Waals surface area contributed by atoms with Crippen LogP contribution in [0.15, 0.2) is 36.4 Å². The van der Waals surface area contributed by atoms with E-state index in [0.717, 1.165) is 16.3 Å². The fraction of sp³-hybridized carbons (Fsp3) is 0.214. The third-order valence-corrected chi connectivity index (χ3v) is 2.61. The summed E-state index contributed by atoms with van der Waals surface area (Å²) in [6.07, 6.45) is 0.606. The number of ether oxygens (including phenoxy) is 1. The maximum absolute atomic E-state index is 10.7. The summed E-state index contributed by atoms with van der Waals surface area (Å²) >= 11 is 0. The molecular formula is C14H14O3. The Labute approximate surface area is 99.6 Å². The van der Waals surface area contributed by atoms with Gasteiger partial charge in [0.2, 0.25) is 0 Å². The summed E-state index contributed by atoms with van der Waals surface area (Å²) in [4.78, 5) is 10.7. The molecule has 0 atom stereocenters. The highest BCUT2D eigenvalue weighted by Crippen LogP contribution is 2.24. The van der Waals surface area contributed by atoms with Crippen molar-refractivity contribution in [2.24, 2.45) is 0 Å². The Morgan fingerprint density at radius 3 is 2.82 bits per heavy atom. The molecule has 17 heavy (non-hydrogen) atoms. The van der Waals surface area contributed by atoms with E-state index < -0.39 is 0 Å². The Kier molecular flexibility index (Phi) is 3.28. The molecule has 0 bridgehead atoms. The van der Waals surface area contributed by atoms with Gasteiger partial charge in [-0.3, -0.25) is 4.79 Å². The number of esters is 1. The predicted octanol–water partition coefficient (Wildman–Crippen LogP) is 2.65. The van der Waals surface area contributed by atoms with Gasteiger partial charge in [-0.15, -0.1) is 0 Å². The summed E-state index contributed by atoms with van der Waals surface area (Å²) < 4.78 is 4.91. The minimum atomic E-state index is -0.283. The van der Waals surface area contributed by atoms with E-state index in [0.29, 0.717) is 13.0 Å². The first-order valence-corrected chi connectivity index (χ1v) is 5.51. The van der Waals surface area contributed by atoms with Gasteiger partial charge in [0, 0.05) is 13.3 Å². The van der Waals surface area contributed by atoms with Crippen molar-refractivity contribution in [3.63, 3.8) is 0 Å². The largest absolute Gasteiger partial charge is 0.508 e. The van der Waals surface area contributed by atoms with Crippen LogP contribution in [0.1, 0.15) is 12.5 Å². The molecule has 0 spiro atoms. The van der Waals surface area contributed by atoms with E-state index in [1.807, 2.05) is 24.3 Å². The molecule has 0 aliphatic heterocycles. The van der Waals surface area contributed by atoms with Crippen molar-refractivity contribution < 1.29 is 14.6 Å². The Balaban J connectivity index is 2.29. The summed E-state index contributed by atoms with van der Waals surface area (Å²) in [5, 5.41) is 11.7. The summed E-state index contributed by atoms with van der Waals surface area (Å²) in [5.41, 5.74) is 0.988. The van der Waals surface area contributed by atoms with Gasteiger partial charge in [0.15, 0.2) is 0 Å². The predicted molar refractivity (Wildman–Crippen MR) is 65.9 cm³/mol. The first-order valence-electron chi connectivity index (χ1n) is 5.51. The van der Waals surface area contributed by atoms with Crippen LogP contribution in [0, 0.1) is 0 Å². The maximum atomic E-state index is 10.7. The summed E-state index contributed by atoms with van der Waals surface area (Å²) in [5.74, 6) is -0.0454. The average molecular weight is 230 g/mol. The zero-order chi connectivity index (χ0) is 12.3. The number of phenols is 1. The Bertz CT molecular complexity index is 546. The van der Waals surface area contributed by atoms with Gasteiger partial charge in [0.25, 0.3) is 0 Å². The molecule has 0 amide bonds. The molecule has 0 unspecified atom stereocenters. The number of carbonyl (C=O) groups is 1. The molecule has 3 heteroatoms. The zero-order valence-corrected chi connectivity index (χ0v) is 9.64. The first kappa shape index (κ1) is 11.5. The lowest BCUT2D eigenvalue weighted by Crippen LogP contribution is -2.03. The first-order chi connectivity index (χ1) is 8.16. The normalized spacial score (nSPS) is 10.4. The number of phenolic OH excluding ortho intramolecular Hbond substituents is 1. The van der Waals surface area contributed by atoms with E-state index in [-0.39, 0.29) is 11.7 Å². The quantitative estimate of drug-likeness (QED) is 0.824. The molecule has 0 aliphatic rings. The third-order valence-electron chi connectivity index (χ3n) is 2.61. The van der Waals surface area contributed by atoms with Crippen LogP contribution in [0.4, 0.5) is 0 Å². The van der Waals surface area contributed by atoms with E-state index in [9.17, 15) is 9.90 Å². The highest BCUT2D eigenvalue weighted by molar-refractivity contribution is 5.87. The zero-order valence-electron chi connectivity index (χ0n) is 9.64. The second-order valence-electron chi connectivity index (χ2n) is 3.92. The van der Waals surface area contributed by atoms with E-state index >= 15 is 0 Å². The molecule has 2 rings (SSSR count). The Hall–Kier alpha value is -2.03. The van der Waals surface area contributed by atoms with Crippen molar-refractivity contribution in [3.05, 3.63) is 42.0 Å². The number of hydrogen-bond acceptors (Lipinski definition) is 3. The van der Waals surface area contributed by atoms with Crippen LogP contribution in [-0.4, -0.2) is 17.7 Å². The molecule has 2 aromatic rings. The molecule has 0 aliphatic carbocycles. The second-order valence-corrected chi connectivity index (χ2v) is 3.92. The SMILES string of the molecule is CC(=O)OCCc1cc(O)cc2ccccc12. The minimum absolute atomic E-state index is 0.238. The monoisotopic (exact) mass is 230 g/mol. The van der Waals surface area contributed by atoms with Gasteiger partial charge in [-0.1, -0.05) is 24.3 Å². The van der Waals surface area contributed by atoms with Crippen molar-refractivity contribution in [3.8, 4) is 5.75 Å². The minimum Gasteiger partial charge on any atom is -0.508 e. The fourth-order valence-corrected chi connectivity index (χ4v) is 1.88. The van der Waals surface area contributed by atoms with Crippen molar-refractivity contribution in [2.75, 3.05) is 6.61 Å². The van der Waals surface area contributed by atoms with Gasteiger partial charge in [0.05, 0.1) is 6.61 Å². The highest BCUT2D eigenvalue weighted by Gasteiger charge is 2.04. The molecule has 1 N–H and O–H groups in total. The van der Waals surface area contributed by atoms with Gasteiger partial charge in [0.1, 0.15) is 5.75 Å². The van der Waals surface area contributed by atoms with Crippen LogP contribution in [0.25, 0.3) is 10.8 Å². The van der Waals surface area contributed by atoms with Gasteiger partial charge in [-0.2, -0.15) is 0 Å². The maximum Gasteiger partial charge on any atom is 0.302 e. The van der Waals surface area contributed by atoms with Crippen LogP contribution >= 0.6 is 0 Å². The number of aromatic hydroxyl groups is 1. The van der Waals surface area contributed by atoms with E-state index in [4.69, 9.17) is 4.74 Å².